The van der Waals surface area contributed by atoms with Crippen LogP contribution in [-0.2, 0) is 0 Å². The molecule has 2 aromatic carbocycles. The van der Waals surface area contributed by atoms with Crippen LogP contribution < -0.4 is 15.4 Å². The van der Waals surface area contributed by atoms with Crippen LogP contribution in [0.25, 0.3) is 0 Å². The zero-order valence-electron chi connectivity index (χ0n) is 14.0. The van der Waals surface area contributed by atoms with Crippen LogP contribution >= 0.6 is 34.5 Å². The molecule has 2 N–H and O–H groups in total. The van der Waals surface area contributed by atoms with Gasteiger partial charge in [0.05, 0.1) is 22.8 Å². The van der Waals surface area contributed by atoms with Crippen molar-refractivity contribution >= 4 is 57.0 Å². The zero-order valence-corrected chi connectivity index (χ0v) is 16.3. The lowest BCUT2D eigenvalue weighted by Crippen LogP contribution is -2.11. The Morgan fingerprint density at radius 2 is 1.92 bits per heavy atom. The number of halogens is 2. The molecule has 5 nitrogen and oxygen atoms in total. The van der Waals surface area contributed by atoms with Crippen LogP contribution in [0.3, 0.4) is 0 Å². The summed E-state index contributed by atoms with van der Waals surface area (Å²) in [5, 5.41) is 7.42. The third-order valence-electron chi connectivity index (χ3n) is 3.50. The summed E-state index contributed by atoms with van der Waals surface area (Å²) in [6.45, 7) is 1.79. The van der Waals surface area contributed by atoms with Gasteiger partial charge in [-0.1, -0.05) is 40.6 Å². The predicted octanol–water partition coefficient (Wildman–Crippen LogP) is 5.76. The van der Waals surface area contributed by atoms with Gasteiger partial charge in [-0.3, -0.25) is 4.79 Å². The monoisotopic (exact) mass is 407 g/mol. The summed E-state index contributed by atoms with van der Waals surface area (Å²) in [7, 11) is 1.61. The number of nitrogens with zero attached hydrogens (tertiary/aromatic N) is 1. The van der Waals surface area contributed by atoms with Gasteiger partial charge in [-0.2, -0.15) is 0 Å². The molecule has 0 unspecified atom stereocenters. The molecule has 0 radical (unpaired) electrons. The fraction of sp³-hybridized carbons (Fsp3) is 0.111. The fourth-order valence-electron chi connectivity index (χ4n) is 2.25. The summed E-state index contributed by atoms with van der Waals surface area (Å²) >= 11 is 13.1. The lowest BCUT2D eigenvalue weighted by Gasteiger charge is -2.05. The minimum atomic E-state index is -0.253. The third-order valence-corrected chi connectivity index (χ3v) is 5.31. The SMILES string of the molecule is COc1cccc(Nc2nc(C)c(C(=O)Nc3ccc(Cl)c(Cl)c3)s2)c1. The highest BCUT2D eigenvalue weighted by atomic mass is 35.5. The first kappa shape index (κ1) is 18.5. The van der Waals surface area contributed by atoms with Crippen molar-refractivity contribution in [2.75, 3.05) is 17.7 Å². The number of anilines is 3. The van der Waals surface area contributed by atoms with Gasteiger partial charge in [-0.25, -0.2) is 4.98 Å². The molecule has 0 spiro atoms. The predicted molar refractivity (Wildman–Crippen MR) is 108 cm³/mol. The molecule has 1 amide bonds. The molecule has 0 aliphatic heterocycles. The summed E-state index contributed by atoms with van der Waals surface area (Å²) in [4.78, 5) is 17.5. The second-order valence-electron chi connectivity index (χ2n) is 5.37. The van der Waals surface area contributed by atoms with Crippen molar-refractivity contribution in [3.63, 3.8) is 0 Å². The van der Waals surface area contributed by atoms with Crippen molar-refractivity contribution in [1.82, 2.24) is 4.98 Å². The minimum Gasteiger partial charge on any atom is -0.497 e. The van der Waals surface area contributed by atoms with E-state index in [2.05, 4.69) is 15.6 Å². The smallest absolute Gasteiger partial charge is 0.267 e. The van der Waals surface area contributed by atoms with Crippen molar-refractivity contribution in [3.05, 3.63) is 63.1 Å². The number of hydrogen-bond acceptors (Lipinski definition) is 5. The zero-order chi connectivity index (χ0) is 18.7. The molecule has 3 aromatic rings. The Hall–Kier alpha value is -2.28. The van der Waals surface area contributed by atoms with Gasteiger partial charge in [0.1, 0.15) is 10.6 Å². The number of methoxy groups -OCH3 is 1. The Morgan fingerprint density at radius 1 is 1.12 bits per heavy atom. The van der Waals surface area contributed by atoms with Crippen molar-refractivity contribution in [2.24, 2.45) is 0 Å². The maximum atomic E-state index is 12.5. The minimum absolute atomic E-state index is 0.253. The first-order chi connectivity index (χ1) is 12.5. The van der Waals surface area contributed by atoms with E-state index in [1.54, 1.807) is 32.2 Å². The first-order valence-corrected chi connectivity index (χ1v) is 9.18. The number of aryl methyl sites for hydroxylation is 1. The quantitative estimate of drug-likeness (QED) is 0.563. The molecule has 0 aliphatic carbocycles. The van der Waals surface area contributed by atoms with E-state index in [4.69, 9.17) is 27.9 Å². The molecule has 0 saturated heterocycles. The van der Waals surface area contributed by atoms with Crippen LogP contribution in [0.5, 0.6) is 5.75 Å². The number of thiazole rings is 1. The Kier molecular flexibility index (Phi) is 5.66. The molecular formula is C18H15Cl2N3O2S. The molecule has 0 aliphatic rings. The Labute approximate surface area is 164 Å². The van der Waals surface area contributed by atoms with Crippen LogP contribution in [0.15, 0.2) is 42.5 Å². The number of aromatic nitrogens is 1. The molecule has 0 saturated carbocycles. The van der Waals surface area contributed by atoms with Crippen LogP contribution in [-0.4, -0.2) is 18.0 Å². The van der Waals surface area contributed by atoms with Crippen LogP contribution in [0.4, 0.5) is 16.5 Å². The maximum absolute atomic E-state index is 12.5. The van der Waals surface area contributed by atoms with E-state index in [-0.39, 0.29) is 5.91 Å². The van der Waals surface area contributed by atoms with Crippen LogP contribution in [0.2, 0.25) is 10.0 Å². The second kappa shape index (κ2) is 7.95. The van der Waals surface area contributed by atoms with Gasteiger partial charge in [0.25, 0.3) is 5.91 Å². The third kappa shape index (κ3) is 4.27. The molecule has 3 rings (SSSR count). The van der Waals surface area contributed by atoms with Gasteiger partial charge in [0, 0.05) is 17.4 Å². The lowest BCUT2D eigenvalue weighted by molar-refractivity contribution is 0.103. The topological polar surface area (TPSA) is 63.2 Å². The average molecular weight is 408 g/mol. The molecule has 26 heavy (non-hydrogen) atoms. The van der Waals surface area contributed by atoms with Crippen molar-refractivity contribution < 1.29 is 9.53 Å². The highest BCUT2D eigenvalue weighted by Gasteiger charge is 2.16. The van der Waals surface area contributed by atoms with E-state index >= 15 is 0 Å². The Bertz CT molecular complexity index is 959. The molecule has 1 heterocycles. The average Bonchev–Trinajstić information content (AvgIpc) is 2.98. The number of ether oxygens (including phenoxy) is 1. The molecule has 0 bridgehead atoms. The van der Waals surface area contributed by atoms with Gasteiger partial charge in [-0.15, -0.1) is 0 Å². The molecule has 8 heteroatoms. The number of hydrogen-bond donors (Lipinski definition) is 2. The second-order valence-corrected chi connectivity index (χ2v) is 7.19. The lowest BCUT2D eigenvalue weighted by atomic mass is 10.3. The Balaban J connectivity index is 1.76. The van der Waals surface area contributed by atoms with Crippen LogP contribution in [0, 0.1) is 6.92 Å². The van der Waals surface area contributed by atoms with Crippen LogP contribution in [0.1, 0.15) is 15.4 Å². The number of carbonyl (C=O) groups is 1. The number of benzene rings is 2. The highest BCUT2D eigenvalue weighted by molar-refractivity contribution is 7.17. The summed E-state index contributed by atoms with van der Waals surface area (Å²) in [5.41, 5.74) is 2.03. The summed E-state index contributed by atoms with van der Waals surface area (Å²) < 4.78 is 5.20. The number of nitrogens with one attached hydrogen (secondary N) is 2. The molecule has 134 valence electrons. The standard InChI is InChI=1S/C18H15Cl2N3O2S/c1-10-16(17(24)22-12-6-7-14(19)15(20)9-12)26-18(21-10)23-11-4-3-5-13(8-11)25-2/h3-9H,1-2H3,(H,21,23)(H,22,24). The van der Waals surface area contributed by atoms with E-state index in [1.807, 2.05) is 24.3 Å². The summed E-state index contributed by atoms with van der Waals surface area (Å²) in [6, 6.07) is 12.4. The molecule has 0 atom stereocenters. The molecule has 1 aromatic heterocycles. The van der Waals surface area contributed by atoms with Gasteiger partial charge in [0.15, 0.2) is 5.13 Å². The number of rotatable bonds is 5. The van der Waals surface area contributed by atoms with E-state index in [0.717, 1.165) is 11.4 Å². The normalized spacial score (nSPS) is 10.5. The fourth-order valence-corrected chi connectivity index (χ4v) is 3.43. The summed E-state index contributed by atoms with van der Waals surface area (Å²) in [6.07, 6.45) is 0. The van der Waals surface area contributed by atoms with Gasteiger partial charge in [-0.05, 0) is 37.3 Å². The Morgan fingerprint density at radius 3 is 2.65 bits per heavy atom. The number of amides is 1. The molecular weight excluding hydrogens is 393 g/mol. The van der Waals surface area contributed by atoms with Gasteiger partial charge < -0.3 is 15.4 Å². The highest BCUT2D eigenvalue weighted by Crippen LogP contribution is 2.29. The summed E-state index contributed by atoms with van der Waals surface area (Å²) in [5.74, 6) is 0.484. The van der Waals surface area contributed by atoms with Crippen molar-refractivity contribution in [2.45, 2.75) is 6.92 Å². The van der Waals surface area contributed by atoms with E-state index in [0.29, 0.717) is 31.4 Å². The molecule has 0 fully saturated rings. The first-order valence-electron chi connectivity index (χ1n) is 7.61. The van der Waals surface area contributed by atoms with Gasteiger partial charge >= 0.3 is 0 Å². The largest absolute Gasteiger partial charge is 0.497 e. The van der Waals surface area contributed by atoms with E-state index in [1.165, 1.54) is 11.3 Å². The van der Waals surface area contributed by atoms with E-state index in [9.17, 15) is 4.79 Å². The van der Waals surface area contributed by atoms with Crippen molar-refractivity contribution in [3.8, 4) is 5.75 Å². The number of carbonyl (C=O) groups excluding carboxylic acids is 1. The maximum Gasteiger partial charge on any atom is 0.267 e. The van der Waals surface area contributed by atoms with Crippen molar-refractivity contribution in [1.29, 1.82) is 0 Å². The van der Waals surface area contributed by atoms with Gasteiger partial charge in [0.2, 0.25) is 0 Å². The van der Waals surface area contributed by atoms with E-state index < -0.39 is 0 Å².